The van der Waals surface area contributed by atoms with Gasteiger partial charge >= 0.3 is 0 Å². The highest BCUT2D eigenvalue weighted by Gasteiger charge is 2.36. The normalized spacial score (nSPS) is 29.4. The summed E-state index contributed by atoms with van der Waals surface area (Å²) >= 11 is 0. The first-order valence-corrected chi connectivity index (χ1v) is 7.73. The van der Waals surface area contributed by atoms with Crippen molar-refractivity contribution in [3.05, 3.63) is 23.0 Å². The van der Waals surface area contributed by atoms with Crippen molar-refractivity contribution in [2.75, 3.05) is 39.8 Å². The van der Waals surface area contributed by atoms with Crippen LogP contribution in [-0.2, 0) is 6.42 Å². The second kappa shape index (κ2) is 5.91. The minimum Gasteiger partial charge on any atom is -0.496 e. The molecular weight excluding hydrogens is 266 g/mol. The zero-order chi connectivity index (χ0) is 15.0. The summed E-state index contributed by atoms with van der Waals surface area (Å²) < 4.78 is 5.45. The molecule has 3 saturated heterocycles. The lowest BCUT2D eigenvalue weighted by Gasteiger charge is -2.49. The quantitative estimate of drug-likeness (QED) is 0.881. The van der Waals surface area contributed by atoms with Gasteiger partial charge in [-0.1, -0.05) is 0 Å². The topological polar surface area (TPSA) is 48.8 Å². The van der Waals surface area contributed by atoms with E-state index in [9.17, 15) is 5.11 Å². The van der Waals surface area contributed by atoms with E-state index in [0.717, 1.165) is 55.3 Å². The second-order valence-electron chi connectivity index (χ2n) is 6.22. The average Bonchev–Trinajstić information content (AvgIpc) is 2.51. The molecule has 5 heteroatoms. The van der Waals surface area contributed by atoms with Gasteiger partial charge in [0.15, 0.2) is 0 Å². The minimum atomic E-state index is -0.369. The van der Waals surface area contributed by atoms with Crippen LogP contribution in [0, 0.1) is 13.8 Å². The number of fused-ring (bicyclic) bond motifs is 3. The third kappa shape index (κ3) is 2.78. The van der Waals surface area contributed by atoms with Crippen LogP contribution in [0.3, 0.4) is 0 Å². The van der Waals surface area contributed by atoms with Gasteiger partial charge in [-0.05, 0) is 13.8 Å². The van der Waals surface area contributed by atoms with Crippen LogP contribution < -0.4 is 4.74 Å². The lowest BCUT2D eigenvalue weighted by Crippen LogP contribution is -2.64. The van der Waals surface area contributed by atoms with Gasteiger partial charge in [-0.2, -0.15) is 0 Å². The van der Waals surface area contributed by atoms with E-state index in [2.05, 4.69) is 14.8 Å². The molecule has 0 radical (unpaired) electrons. The molecule has 3 aliphatic rings. The number of aryl methyl sites for hydroxylation is 1. The molecule has 2 bridgehead atoms. The monoisotopic (exact) mass is 291 g/mol. The summed E-state index contributed by atoms with van der Waals surface area (Å²) in [6, 6.07) is 0.237. The van der Waals surface area contributed by atoms with Crippen LogP contribution in [0.15, 0.2) is 6.20 Å². The molecule has 5 nitrogen and oxygen atoms in total. The summed E-state index contributed by atoms with van der Waals surface area (Å²) in [5.74, 6) is 0.890. The number of hydrogen-bond acceptors (Lipinski definition) is 5. The summed E-state index contributed by atoms with van der Waals surface area (Å²) in [6.07, 6.45) is 2.06. The first-order chi connectivity index (χ1) is 10.1. The Morgan fingerprint density at radius 1 is 1.33 bits per heavy atom. The molecule has 4 rings (SSSR count). The van der Waals surface area contributed by atoms with Gasteiger partial charge in [0.05, 0.1) is 13.2 Å². The lowest BCUT2D eigenvalue weighted by molar-refractivity contribution is -0.0456. The van der Waals surface area contributed by atoms with Gasteiger partial charge in [-0.15, -0.1) is 0 Å². The highest BCUT2D eigenvalue weighted by atomic mass is 16.5. The molecule has 0 spiro atoms. The summed E-state index contributed by atoms with van der Waals surface area (Å²) in [4.78, 5) is 9.38. The van der Waals surface area contributed by atoms with E-state index in [1.807, 2.05) is 20.0 Å². The number of aliphatic hydroxyl groups is 1. The van der Waals surface area contributed by atoms with E-state index in [0.29, 0.717) is 6.42 Å². The molecule has 2 atom stereocenters. The number of methoxy groups -OCH3 is 1. The van der Waals surface area contributed by atoms with Gasteiger partial charge in [-0.3, -0.25) is 14.8 Å². The van der Waals surface area contributed by atoms with Crippen LogP contribution in [0.25, 0.3) is 0 Å². The van der Waals surface area contributed by atoms with E-state index < -0.39 is 0 Å². The van der Waals surface area contributed by atoms with Crippen molar-refractivity contribution < 1.29 is 9.84 Å². The molecule has 1 N–H and O–H groups in total. The van der Waals surface area contributed by atoms with E-state index in [-0.39, 0.29) is 12.1 Å². The number of ether oxygens (including phenoxy) is 1. The van der Waals surface area contributed by atoms with Gasteiger partial charge in [0, 0.05) is 68.2 Å². The average molecular weight is 291 g/mol. The largest absolute Gasteiger partial charge is 0.496 e. The van der Waals surface area contributed by atoms with Crippen LogP contribution in [-0.4, -0.2) is 71.9 Å². The SMILES string of the molecule is COc1c(C)cnc(CC(O)C2CN3CCN2CC3)c1C. The molecule has 0 aliphatic carbocycles. The molecule has 0 aromatic carbocycles. The molecule has 21 heavy (non-hydrogen) atoms. The molecule has 2 unspecified atom stereocenters. The number of aliphatic hydroxyl groups excluding tert-OH is 1. The maximum absolute atomic E-state index is 10.7. The van der Waals surface area contributed by atoms with Gasteiger partial charge < -0.3 is 9.84 Å². The Morgan fingerprint density at radius 3 is 2.62 bits per heavy atom. The third-order valence-corrected chi connectivity index (χ3v) is 4.92. The highest BCUT2D eigenvalue weighted by Crippen LogP contribution is 2.26. The Kier molecular flexibility index (Phi) is 4.15. The lowest BCUT2D eigenvalue weighted by atomic mass is 9.97. The molecular formula is C16H25N3O2. The maximum Gasteiger partial charge on any atom is 0.128 e. The Hall–Kier alpha value is -1.17. The van der Waals surface area contributed by atoms with Crippen molar-refractivity contribution in [3.63, 3.8) is 0 Å². The van der Waals surface area contributed by atoms with Crippen molar-refractivity contribution in [1.82, 2.24) is 14.8 Å². The Labute approximate surface area is 126 Å². The molecule has 3 fully saturated rings. The van der Waals surface area contributed by atoms with Crippen LogP contribution >= 0.6 is 0 Å². The molecule has 116 valence electrons. The van der Waals surface area contributed by atoms with Crippen molar-refractivity contribution in [1.29, 1.82) is 0 Å². The minimum absolute atomic E-state index is 0.237. The fraction of sp³-hybridized carbons (Fsp3) is 0.688. The predicted molar refractivity (Wildman–Crippen MR) is 81.8 cm³/mol. The Bertz CT molecular complexity index is 512. The van der Waals surface area contributed by atoms with Crippen LogP contribution in [0.2, 0.25) is 0 Å². The van der Waals surface area contributed by atoms with E-state index in [4.69, 9.17) is 4.74 Å². The second-order valence-corrected chi connectivity index (χ2v) is 6.22. The van der Waals surface area contributed by atoms with Crippen LogP contribution in [0.5, 0.6) is 5.75 Å². The van der Waals surface area contributed by atoms with Crippen LogP contribution in [0.1, 0.15) is 16.8 Å². The standard InChI is InChI=1S/C16H25N3O2/c1-11-9-17-13(12(2)16(11)21-3)8-15(20)14-10-18-4-6-19(14)7-5-18/h9,14-15,20H,4-8,10H2,1-3H3. The molecule has 1 aromatic rings. The maximum atomic E-state index is 10.7. The number of pyridine rings is 1. The van der Waals surface area contributed by atoms with Gasteiger partial charge in [-0.25, -0.2) is 0 Å². The van der Waals surface area contributed by atoms with Crippen LogP contribution in [0.4, 0.5) is 0 Å². The zero-order valence-corrected chi connectivity index (χ0v) is 13.2. The Balaban J connectivity index is 1.74. The zero-order valence-electron chi connectivity index (χ0n) is 13.2. The molecule has 1 aromatic heterocycles. The van der Waals surface area contributed by atoms with Crippen molar-refractivity contribution in [2.24, 2.45) is 0 Å². The number of piperazine rings is 3. The number of hydrogen-bond donors (Lipinski definition) is 1. The van der Waals surface area contributed by atoms with E-state index in [1.54, 1.807) is 7.11 Å². The Morgan fingerprint density at radius 2 is 2.05 bits per heavy atom. The van der Waals surface area contributed by atoms with E-state index in [1.165, 1.54) is 0 Å². The van der Waals surface area contributed by atoms with Gasteiger partial charge in [0.1, 0.15) is 5.75 Å². The smallest absolute Gasteiger partial charge is 0.128 e. The number of aromatic nitrogens is 1. The summed E-state index contributed by atoms with van der Waals surface area (Å²) in [7, 11) is 1.69. The predicted octanol–water partition coefficient (Wildman–Crippen LogP) is 0.610. The summed E-state index contributed by atoms with van der Waals surface area (Å²) in [5, 5.41) is 10.7. The molecule has 3 aliphatic heterocycles. The first kappa shape index (κ1) is 14.8. The summed E-state index contributed by atoms with van der Waals surface area (Å²) in [6.45, 7) is 9.42. The van der Waals surface area contributed by atoms with Crippen molar-refractivity contribution in [3.8, 4) is 5.75 Å². The molecule has 0 amide bonds. The van der Waals surface area contributed by atoms with Crippen molar-refractivity contribution >= 4 is 0 Å². The first-order valence-electron chi connectivity index (χ1n) is 7.73. The fourth-order valence-electron chi connectivity index (χ4n) is 3.63. The highest BCUT2D eigenvalue weighted by molar-refractivity contribution is 5.41. The fourth-order valence-corrected chi connectivity index (χ4v) is 3.63. The van der Waals surface area contributed by atoms with E-state index >= 15 is 0 Å². The van der Waals surface area contributed by atoms with Gasteiger partial charge in [0.2, 0.25) is 0 Å². The number of nitrogens with zero attached hydrogens (tertiary/aromatic N) is 3. The third-order valence-electron chi connectivity index (χ3n) is 4.92. The number of rotatable bonds is 4. The van der Waals surface area contributed by atoms with Gasteiger partial charge in [0.25, 0.3) is 0 Å². The molecule has 0 saturated carbocycles. The molecule has 4 heterocycles. The summed E-state index contributed by atoms with van der Waals surface area (Å²) in [5.41, 5.74) is 3.04. The van der Waals surface area contributed by atoms with Crippen molar-refractivity contribution in [2.45, 2.75) is 32.4 Å².